The molecule has 0 unspecified atom stereocenters. The first-order valence-corrected chi connectivity index (χ1v) is 8.41. The minimum absolute atomic E-state index is 0.147. The maximum Gasteiger partial charge on any atom is 0.338 e. The predicted molar refractivity (Wildman–Crippen MR) is 102 cm³/mol. The number of thiocarbonyl (C=S) groups is 1. The number of amides is 2. The Bertz CT molecular complexity index is 775. The highest BCUT2D eigenvalue weighted by molar-refractivity contribution is 7.80. The van der Waals surface area contributed by atoms with Gasteiger partial charge in [-0.05, 0) is 24.4 Å². The summed E-state index contributed by atoms with van der Waals surface area (Å²) in [6.07, 6.45) is 0. The van der Waals surface area contributed by atoms with Crippen molar-refractivity contribution in [1.82, 2.24) is 25.2 Å². The molecule has 4 N–H and O–H groups in total. The number of nitrogens with two attached hydrogens (primary N) is 1. The van der Waals surface area contributed by atoms with Crippen LogP contribution in [0.3, 0.4) is 0 Å². The number of anilines is 3. The van der Waals surface area contributed by atoms with Crippen molar-refractivity contribution >= 4 is 40.9 Å². The zero-order valence-electron chi connectivity index (χ0n) is 14.3. The Morgan fingerprint density at radius 3 is 2.69 bits per heavy atom. The van der Waals surface area contributed by atoms with Crippen molar-refractivity contribution in [3.8, 4) is 0 Å². The van der Waals surface area contributed by atoms with Gasteiger partial charge in [-0.25, -0.2) is 10.2 Å². The highest BCUT2D eigenvalue weighted by Gasteiger charge is 2.20. The lowest BCUT2D eigenvalue weighted by Gasteiger charge is -2.25. The number of aromatic nitrogens is 3. The van der Waals surface area contributed by atoms with Gasteiger partial charge in [0.15, 0.2) is 0 Å². The van der Waals surface area contributed by atoms with Crippen molar-refractivity contribution in [1.29, 1.82) is 0 Å². The molecular weight excluding hydrogens is 356 g/mol. The van der Waals surface area contributed by atoms with Crippen molar-refractivity contribution in [2.45, 2.75) is 0 Å². The van der Waals surface area contributed by atoms with Gasteiger partial charge in [-0.2, -0.15) is 9.67 Å². The Labute approximate surface area is 155 Å². The van der Waals surface area contributed by atoms with Crippen LogP contribution in [0.1, 0.15) is 0 Å². The number of hydrogen-bond donors (Lipinski definition) is 3. The van der Waals surface area contributed by atoms with Crippen LogP contribution in [0, 0.1) is 0 Å². The highest BCUT2D eigenvalue weighted by atomic mass is 32.1. The Morgan fingerprint density at radius 2 is 2.00 bits per heavy atom. The average Bonchev–Trinajstić information content (AvgIpc) is 3.04. The molecule has 0 aliphatic carbocycles. The summed E-state index contributed by atoms with van der Waals surface area (Å²) in [5.41, 5.74) is 9.20. The largest absolute Gasteiger partial charge is 0.378 e. The summed E-state index contributed by atoms with van der Waals surface area (Å²) in [5, 5.41) is 8.58. The molecule has 1 fully saturated rings. The molecule has 0 radical (unpaired) electrons. The second kappa shape index (κ2) is 7.97. The summed E-state index contributed by atoms with van der Waals surface area (Å²) in [5.74, 6) is 0.629. The number of carbonyl (C=O) groups excluding carboxylic acids is 1. The molecule has 0 saturated carbocycles. The number of nitrogens with one attached hydrogen (secondary N) is 2. The maximum atomic E-state index is 12.1. The molecular formula is C15H20N8O2S. The minimum atomic E-state index is -0.437. The number of carbonyl (C=O) groups is 1. The van der Waals surface area contributed by atoms with Gasteiger partial charge < -0.3 is 20.7 Å². The number of hydrazine groups is 1. The van der Waals surface area contributed by atoms with E-state index in [9.17, 15) is 4.79 Å². The Balaban J connectivity index is 1.62. The van der Waals surface area contributed by atoms with Crippen molar-refractivity contribution in [2.24, 2.45) is 0 Å². The number of rotatable bonds is 2. The second-order valence-electron chi connectivity index (χ2n) is 5.55. The third-order valence-corrected chi connectivity index (χ3v) is 4.13. The van der Waals surface area contributed by atoms with Gasteiger partial charge in [0, 0.05) is 25.8 Å². The number of benzene rings is 1. The third-order valence-electron chi connectivity index (χ3n) is 3.68. The van der Waals surface area contributed by atoms with Gasteiger partial charge in [-0.3, -0.25) is 5.01 Å². The molecule has 1 aliphatic heterocycles. The van der Waals surface area contributed by atoms with Crippen molar-refractivity contribution < 1.29 is 9.53 Å². The van der Waals surface area contributed by atoms with E-state index >= 15 is 0 Å². The number of nitrogen functional groups attached to an aromatic ring is 1. The van der Waals surface area contributed by atoms with Crippen LogP contribution < -0.4 is 21.4 Å². The van der Waals surface area contributed by atoms with Gasteiger partial charge in [-0.1, -0.05) is 18.2 Å². The van der Waals surface area contributed by atoms with E-state index in [2.05, 4.69) is 20.8 Å². The lowest BCUT2D eigenvalue weighted by molar-refractivity contribution is 0.122. The fourth-order valence-corrected chi connectivity index (χ4v) is 2.55. The van der Waals surface area contributed by atoms with Crippen LogP contribution in [0.25, 0.3) is 0 Å². The molecule has 26 heavy (non-hydrogen) atoms. The molecule has 0 bridgehead atoms. The Kier molecular flexibility index (Phi) is 5.49. The first-order valence-electron chi connectivity index (χ1n) is 8.00. The highest BCUT2D eigenvalue weighted by Crippen LogP contribution is 2.13. The molecule has 1 aromatic carbocycles. The number of hydrogen-bond acceptors (Lipinski definition) is 7. The van der Waals surface area contributed by atoms with E-state index < -0.39 is 6.03 Å². The normalized spacial score (nSPS) is 14.0. The number of para-hydroxylation sites is 1. The summed E-state index contributed by atoms with van der Waals surface area (Å²) >= 11 is 5.35. The Hall–Kier alpha value is -2.92. The maximum absolute atomic E-state index is 12.1. The fourth-order valence-electron chi connectivity index (χ4n) is 2.37. The first kappa shape index (κ1) is 17.9. The number of nitrogens with zero attached hydrogens (tertiary/aromatic N) is 5. The van der Waals surface area contributed by atoms with Crippen LogP contribution in [0.2, 0.25) is 0 Å². The van der Waals surface area contributed by atoms with Gasteiger partial charge in [0.05, 0.1) is 13.2 Å². The molecule has 0 atom stereocenters. The van der Waals surface area contributed by atoms with Crippen LogP contribution >= 0.6 is 12.2 Å². The zero-order chi connectivity index (χ0) is 18.5. The summed E-state index contributed by atoms with van der Waals surface area (Å²) in [4.78, 5) is 18.3. The lowest BCUT2D eigenvalue weighted by Crippen LogP contribution is -2.47. The average molecular weight is 376 g/mol. The molecule has 1 aromatic heterocycles. The molecule has 2 amide bonds. The SMILES string of the molecule is CN(NC(=O)Nc1ccccc1)C(=S)n1nc(N2CCOCC2)nc1N. The number of morpholine rings is 1. The molecule has 11 heteroatoms. The smallest absolute Gasteiger partial charge is 0.338 e. The molecule has 0 spiro atoms. The molecule has 1 saturated heterocycles. The topological polar surface area (TPSA) is 114 Å². The number of urea groups is 1. The van der Waals surface area contributed by atoms with Gasteiger partial charge in [0.1, 0.15) is 0 Å². The quantitative estimate of drug-likeness (QED) is 0.513. The summed E-state index contributed by atoms with van der Waals surface area (Å²) in [6.45, 7) is 2.59. The minimum Gasteiger partial charge on any atom is -0.378 e. The molecule has 138 valence electrons. The second-order valence-corrected chi connectivity index (χ2v) is 5.92. The standard InChI is InChI=1S/C15H20N8O2S/c1-21(20-14(24)17-11-5-3-2-4-6-11)15(26)23-12(16)18-13(19-23)22-7-9-25-10-8-22/h2-6H,7-10H2,1H3,(H2,16,18,19)(H2,17,20,24). The molecule has 10 nitrogen and oxygen atoms in total. The first-order chi connectivity index (χ1) is 12.5. The van der Waals surface area contributed by atoms with E-state index in [-0.39, 0.29) is 11.1 Å². The molecule has 2 aromatic rings. The van der Waals surface area contributed by atoms with E-state index in [0.717, 1.165) is 0 Å². The molecule has 1 aliphatic rings. The van der Waals surface area contributed by atoms with E-state index in [0.29, 0.717) is 37.9 Å². The van der Waals surface area contributed by atoms with Gasteiger partial charge in [0.2, 0.25) is 17.0 Å². The van der Waals surface area contributed by atoms with Gasteiger partial charge in [0.25, 0.3) is 0 Å². The summed E-state index contributed by atoms with van der Waals surface area (Å²) in [7, 11) is 1.60. The van der Waals surface area contributed by atoms with Gasteiger partial charge in [-0.15, -0.1) is 5.10 Å². The summed E-state index contributed by atoms with van der Waals surface area (Å²) < 4.78 is 6.62. The lowest BCUT2D eigenvalue weighted by atomic mass is 10.3. The zero-order valence-corrected chi connectivity index (χ0v) is 15.1. The van der Waals surface area contributed by atoms with Crippen LogP contribution in [-0.4, -0.2) is 64.3 Å². The van der Waals surface area contributed by atoms with Crippen molar-refractivity contribution in [2.75, 3.05) is 49.3 Å². The monoisotopic (exact) mass is 376 g/mol. The van der Waals surface area contributed by atoms with Crippen molar-refractivity contribution in [3.63, 3.8) is 0 Å². The molecule has 3 rings (SSSR count). The van der Waals surface area contributed by atoms with E-state index in [1.807, 2.05) is 23.1 Å². The van der Waals surface area contributed by atoms with Crippen molar-refractivity contribution in [3.05, 3.63) is 30.3 Å². The third kappa shape index (κ3) is 4.18. The fraction of sp³-hybridized carbons (Fsp3) is 0.333. The summed E-state index contributed by atoms with van der Waals surface area (Å²) in [6, 6.07) is 8.64. The van der Waals surface area contributed by atoms with Gasteiger partial charge >= 0.3 is 6.03 Å². The van der Waals surface area contributed by atoms with Crippen LogP contribution in [0.4, 0.5) is 22.4 Å². The Morgan fingerprint density at radius 1 is 1.31 bits per heavy atom. The van der Waals surface area contributed by atoms with E-state index in [1.54, 1.807) is 19.2 Å². The number of ether oxygens (including phenoxy) is 1. The predicted octanol–water partition coefficient (Wildman–Crippen LogP) is 0.498. The van der Waals surface area contributed by atoms with E-state index in [1.165, 1.54) is 9.69 Å². The van der Waals surface area contributed by atoms with Crippen LogP contribution in [-0.2, 0) is 4.74 Å². The van der Waals surface area contributed by atoms with E-state index in [4.69, 9.17) is 22.7 Å². The van der Waals surface area contributed by atoms with Crippen LogP contribution in [0.5, 0.6) is 0 Å². The molecule has 2 heterocycles. The van der Waals surface area contributed by atoms with Crippen LogP contribution in [0.15, 0.2) is 30.3 Å².